The zero-order chi connectivity index (χ0) is 25.7. The van der Waals surface area contributed by atoms with Crippen LogP contribution in [0.1, 0.15) is 30.2 Å². The van der Waals surface area contributed by atoms with E-state index in [1.807, 2.05) is 12.1 Å². The second kappa shape index (κ2) is 11.7. The van der Waals surface area contributed by atoms with E-state index in [1.165, 1.54) is 12.1 Å². The van der Waals surface area contributed by atoms with Crippen molar-refractivity contribution in [3.05, 3.63) is 100 Å². The van der Waals surface area contributed by atoms with Crippen molar-refractivity contribution in [3.8, 4) is 5.75 Å². The lowest BCUT2D eigenvalue weighted by molar-refractivity contribution is 0.100. The number of rotatable bonds is 8. The van der Waals surface area contributed by atoms with E-state index >= 15 is 0 Å². The molecule has 188 valence electrons. The molecule has 1 aliphatic rings. The van der Waals surface area contributed by atoms with Crippen LogP contribution in [-0.4, -0.2) is 54.0 Å². The molecule has 36 heavy (non-hydrogen) atoms. The molecule has 8 heteroatoms. The van der Waals surface area contributed by atoms with Gasteiger partial charge in [0.2, 0.25) is 0 Å². The third-order valence-corrected chi connectivity index (χ3v) is 6.58. The van der Waals surface area contributed by atoms with Crippen LogP contribution in [0.3, 0.4) is 0 Å². The third-order valence-electron chi connectivity index (χ3n) is 6.28. The van der Waals surface area contributed by atoms with Gasteiger partial charge in [0.15, 0.2) is 5.69 Å². The molecule has 1 heterocycles. The Kier molecular flexibility index (Phi) is 8.44. The van der Waals surface area contributed by atoms with Crippen LogP contribution in [0.5, 0.6) is 5.75 Å². The van der Waals surface area contributed by atoms with Crippen molar-refractivity contribution < 1.29 is 19.3 Å². The molecule has 3 atom stereocenters. The summed E-state index contributed by atoms with van der Waals surface area (Å²) in [6.45, 7) is 11.3. The van der Waals surface area contributed by atoms with Gasteiger partial charge in [0.05, 0.1) is 35.5 Å². The van der Waals surface area contributed by atoms with Crippen LogP contribution in [-0.2, 0) is 0 Å². The van der Waals surface area contributed by atoms with Crippen molar-refractivity contribution >= 4 is 23.0 Å². The Hall–Kier alpha value is -3.15. The number of anilines is 1. The van der Waals surface area contributed by atoms with Crippen LogP contribution in [0.15, 0.2) is 66.7 Å². The minimum Gasteiger partial charge on any atom is -0.491 e. The highest BCUT2D eigenvalue weighted by Gasteiger charge is 2.31. The van der Waals surface area contributed by atoms with Gasteiger partial charge in [0.1, 0.15) is 18.2 Å². The molecule has 0 bridgehead atoms. The predicted octanol–water partition coefficient (Wildman–Crippen LogP) is 5.39. The summed E-state index contributed by atoms with van der Waals surface area (Å²) in [5, 5.41) is 20.8. The van der Waals surface area contributed by atoms with Crippen LogP contribution >= 0.6 is 11.6 Å². The van der Waals surface area contributed by atoms with Crippen LogP contribution in [0.25, 0.3) is 4.85 Å². The van der Waals surface area contributed by atoms with Gasteiger partial charge < -0.3 is 19.8 Å². The van der Waals surface area contributed by atoms with E-state index < -0.39 is 12.2 Å². The smallest absolute Gasteiger partial charge is 0.187 e. The molecule has 0 saturated carbocycles. The maximum Gasteiger partial charge on any atom is 0.187 e. The maximum atomic E-state index is 13.7. The van der Waals surface area contributed by atoms with Crippen LogP contribution in [0.4, 0.5) is 15.8 Å². The lowest BCUT2D eigenvalue weighted by atomic mass is 10.00. The number of β-amino-alcohol motifs (C(OH)–C–C–N with tert-alkyl or cyclic N) is 1. The van der Waals surface area contributed by atoms with E-state index in [2.05, 4.69) is 14.6 Å². The summed E-state index contributed by atoms with van der Waals surface area (Å²) in [7, 11) is 0. The highest BCUT2D eigenvalue weighted by atomic mass is 35.5. The fourth-order valence-electron chi connectivity index (χ4n) is 4.41. The number of benzene rings is 3. The fourth-order valence-corrected chi connectivity index (χ4v) is 4.69. The summed E-state index contributed by atoms with van der Waals surface area (Å²) >= 11 is 6.66. The number of aliphatic hydroxyl groups excluding tert-OH is 2. The average molecular weight is 510 g/mol. The fraction of sp³-hybridized carbons (Fsp3) is 0.321. The predicted molar refractivity (Wildman–Crippen MR) is 139 cm³/mol. The Balaban J connectivity index is 1.54. The van der Waals surface area contributed by atoms with Gasteiger partial charge in [-0.25, -0.2) is 9.24 Å². The number of aliphatic hydroxyl groups is 2. The lowest BCUT2D eigenvalue weighted by Crippen LogP contribution is -2.49. The van der Waals surface area contributed by atoms with Crippen molar-refractivity contribution in [1.29, 1.82) is 0 Å². The molecule has 0 spiro atoms. The molecule has 0 amide bonds. The number of hydrogen-bond acceptors (Lipinski definition) is 5. The topological polar surface area (TPSA) is 60.5 Å². The third kappa shape index (κ3) is 6.34. The van der Waals surface area contributed by atoms with Gasteiger partial charge in [-0.2, -0.15) is 0 Å². The molecule has 6 nitrogen and oxygen atoms in total. The minimum absolute atomic E-state index is 0.113. The van der Waals surface area contributed by atoms with Crippen molar-refractivity contribution in [1.82, 2.24) is 4.90 Å². The first-order valence-corrected chi connectivity index (χ1v) is 12.2. The van der Waals surface area contributed by atoms with E-state index in [4.69, 9.17) is 22.9 Å². The van der Waals surface area contributed by atoms with Crippen LogP contribution in [0.2, 0.25) is 5.02 Å². The molecule has 4 rings (SSSR count). The van der Waals surface area contributed by atoms with Gasteiger partial charge in [0.25, 0.3) is 0 Å². The zero-order valence-electron chi connectivity index (χ0n) is 20.0. The SMILES string of the molecule is [C-]#[N+]c1ccc([C@H](O)CN2CCN(c3ccc(OC[C@@H](C)O)cc3Cl)[C@H](c3ccc(F)cc3)C2)cc1. The largest absolute Gasteiger partial charge is 0.491 e. The average Bonchev–Trinajstić information content (AvgIpc) is 2.88. The van der Waals surface area contributed by atoms with E-state index in [-0.39, 0.29) is 18.5 Å². The maximum absolute atomic E-state index is 13.7. The van der Waals surface area contributed by atoms with Gasteiger partial charge in [-0.05, 0) is 42.3 Å². The molecule has 0 radical (unpaired) electrons. The second-order valence-corrected chi connectivity index (χ2v) is 9.42. The van der Waals surface area contributed by atoms with Crippen molar-refractivity contribution in [3.63, 3.8) is 0 Å². The molecule has 1 fully saturated rings. The van der Waals surface area contributed by atoms with Crippen molar-refractivity contribution in [2.24, 2.45) is 0 Å². The Morgan fingerprint density at radius 3 is 2.44 bits per heavy atom. The van der Waals surface area contributed by atoms with Gasteiger partial charge in [0, 0.05) is 32.2 Å². The summed E-state index contributed by atoms with van der Waals surface area (Å²) in [6.07, 6.45) is -1.28. The molecule has 0 aliphatic carbocycles. The van der Waals surface area contributed by atoms with Gasteiger partial charge in [-0.3, -0.25) is 4.90 Å². The lowest BCUT2D eigenvalue weighted by Gasteiger charge is -2.44. The Morgan fingerprint density at radius 1 is 1.08 bits per heavy atom. The monoisotopic (exact) mass is 509 g/mol. The summed E-state index contributed by atoms with van der Waals surface area (Å²) in [4.78, 5) is 7.78. The zero-order valence-corrected chi connectivity index (χ0v) is 20.8. The number of hydrogen-bond donors (Lipinski definition) is 2. The highest BCUT2D eigenvalue weighted by molar-refractivity contribution is 6.33. The van der Waals surface area contributed by atoms with Crippen LogP contribution in [0, 0.1) is 12.4 Å². The molecular formula is C28H29ClFN3O3. The van der Waals surface area contributed by atoms with E-state index in [9.17, 15) is 14.6 Å². The summed E-state index contributed by atoms with van der Waals surface area (Å²) < 4.78 is 19.3. The van der Waals surface area contributed by atoms with Gasteiger partial charge in [-0.1, -0.05) is 48.0 Å². The van der Waals surface area contributed by atoms with Crippen molar-refractivity contribution in [2.75, 3.05) is 37.7 Å². The quantitative estimate of drug-likeness (QED) is 0.399. The Morgan fingerprint density at radius 2 is 1.81 bits per heavy atom. The van der Waals surface area contributed by atoms with E-state index in [0.29, 0.717) is 42.6 Å². The van der Waals surface area contributed by atoms with Gasteiger partial charge in [-0.15, -0.1) is 0 Å². The summed E-state index contributed by atoms with van der Waals surface area (Å²) in [5.74, 6) is 0.280. The Labute approximate surface area is 215 Å². The number of halogens is 2. The first-order valence-electron chi connectivity index (χ1n) is 11.8. The molecule has 1 aliphatic heterocycles. The first kappa shape index (κ1) is 25.9. The first-order chi connectivity index (χ1) is 17.3. The molecule has 2 N–H and O–H groups in total. The molecular weight excluding hydrogens is 481 g/mol. The molecule has 1 saturated heterocycles. The second-order valence-electron chi connectivity index (χ2n) is 9.01. The van der Waals surface area contributed by atoms with Crippen LogP contribution < -0.4 is 9.64 Å². The van der Waals surface area contributed by atoms with Gasteiger partial charge >= 0.3 is 0 Å². The normalized spacial score (nSPS) is 17.9. The standard InChI is InChI=1S/C28H29ClFN3O3/c1-19(34)18-36-24-11-12-26(25(29)15-24)33-14-13-32(16-27(33)20-3-7-22(30)8-4-20)17-28(35)21-5-9-23(31-2)10-6-21/h3-12,15,19,27-28,34-35H,13-14,16-18H2,1H3/t19-,27+,28-/m1/s1. The molecule has 0 unspecified atom stereocenters. The van der Waals surface area contributed by atoms with E-state index in [0.717, 1.165) is 16.8 Å². The number of piperazine rings is 1. The summed E-state index contributed by atoms with van der Waals surface area (Å²) in [6, 6.07) is 18.8. The molecule has 3 aromatic carbocycles. The van der Waals surface area contributed by atoms with E-state index in [1.54, 1.807) is 49.4 Å². The highest BCUT2D eigenvalue weighted by Crippen LogP contribution is 2.37. The van der Waals surface area contributed by atoms with Crippen molar-refractivity contribution in [2.45, 2.75) is 25.2 Å². The summed E-state index contributed by atoms with van der Waals surface area (Å²) in [5.41, 5.74) is 3.09. The molecule has 0 aromatic heterocycles. The molecule has 3 aromatic rings. The Bertz CT molecular complexity index is 1200. The minimum atomic E-state index is -0.695. The number of nitrogens with zero attached hydrogens (tertiary/aromatic N) is 3. The number of ether oxygens (including phenoxy) is 1.